The molecule has 0 aliphatic carbocycles. The first-order valence-electron chi connectivity index (χ1n) is 9.76. The minimum Gasteiger partial charge on any atom is -0.491 e. The average molecular weight is 450 g/mol. The fourth-order valence-electron chi connectivity index (χ4n) is 3.25. The number of halogens is 2. The monoisotopic (exact) mass is 449 g/mol. The summed E-state index contributed by atoms with van der Waals surface area (Å²) in [7, 11) is 3.94. The van der Waals surface area contributed by atoms with Gasteiger partial charge in [0.1, 0.15) is 12.4 Å². The third kappa shape index (κ3) is 5.65. The van der Waals surface area contributed by atoms with Crippen LogP contribution >= 0.6 is 23.2 Å². The molecule has 2 aromatic carbocycles. The molecule has 0 aromatic heterocycles. The molecule has 1 aliphatic rings. The van der Waals surface area contributed by atoms with Gasteiger partial charge in [0.15, 0.2) is 0 Å². The number of para-hydroxylation sites is 1. The summed E-state index contributed by atoms with van der Waals surface area (Å²) in [5, 5.41) is 0.844. The largest absolute Gasteiger partial charge is 0.491 e. The maximum Gasteiger partial charge on any atom is 0.257 e. The summed E-state index contributed by atoms with van der Waals surface area (Å²) in [5.74, 6) is 0.351. The van der Waals surface area contributed by atoms with Crippen LogP contribution in [0.15, 0.2) is 42.5 Å². The van der Waals surface area contributed by atoms with E-state index in [1.165, 1.54) is 0 Å². The number of nitrogens with zero attached hydrogens (tertiary/aromatic N) is 3. The van der Waals surface area contributed by atoms with Crippen molar-refractivity contribution in [3.8, 4) is 5.75 Å². The van der Waals surface area contributed by atoms with E-state index in [9.17, 15) is 9.59 Å². The van der Waals surface area contributed by atoms with E-state index >= 15 is 0 Å². The number of hydrogen-bond donors (Lipinski definition) is 0. The number of likely N-dealkylation sites (N-methyl/N-ethyl adjacent to an activating group) is 1. The Hall–Kier alpha value is -2.28. The summed E-state index contributed by atoms with van der Waals surface area (Å²) >= 11 is 12.0. The first kappa shape index (κ1) is 22.4. The number of rotatable bonds is 6. The SMILES string of the molecule is CN(C)CCOc1ccccc1C(=O)N1CCN(C(=O)c2cc(Cl)cc(Cl)c2)CC1. The van der Waals surface area contributed by atoms with Gasteiger partial charge in [-0.25, -0.2) is 0 Å². The second-order valence-electron chi connectivity index (χ2n) is 7.39. The zero-order valence-electron chi connectivity index (χ0n) is 17.1. The Bertz CT molecular complexity index is 892. The van der Waals surface area contributed by atoms with Crippen molar-refractivity contribution in [1.82, 2.24) is 14.7 Å². The van der Waals surface area contributed by atoms with Crippen molar-refractivity contribution in [3.05, 3.63) is 63.6 Å². The van der Waals surface area contributed by atoms with Crippen molar-refractivity contribution in [3.63, 3.8) is 0 Å². The van der Waals surface area contributed by atoms with Gasteiger partial charge in [0.2, 0.25) is 0 Å². The van der Waals surface area contributed by atoms with E-state index in [0.717, 1.165) is 6.54 Å². The van der Waals surface area contributed by atoms with Crippen LogP contribution in [0.3, 0.4) is 0 Å². The van der Waals surface area contributed by atoms with Crippen LogP contribution in [0, 0.1) is 0 Å². The molecule has 0 atom stereocenters. The lowest BCUT2D eigenvalue weighted by Crippen LogP contribution is -2.50. The quantitative estimate of drug-likeness (QED) is 0.676. The standard InChI is InChI=1S/C22H25Cl2N3O3/c1-25(2)11-12-30-20-6-4-3-5-19(20)22(29)27-9-7-26(8-10-27)21(28)16-13-17(23)15-18(24)14-16/h3-6,13-15H,7-12H2,1-2H3. The van der Waals surface area contributed by atoms with Crippen molar-refractivity contribution < 1.29 is 14.3 Å². The smallest absolute Gasteiger partial charge is 0.257 e. The third-order valence-corrected chi connectivity index (χ3v) is 5.31. The Morgan fingerprint density at radius 2 is 1.50 bits per heavy atom. The fourth-order valence-corrected chi connectivity index (χ4v) is 3.78. The molecule has 0 saturated carbocycles. The van der Waals surface area contributed by atoms with E-state index in [0.29, 0.717) is 59.7 Å². The molecule has 0 radical (unpaired) electrons. The molecule has 8 heteroatoms. The number of carbonyl (C=O) groups excluding carboxylic acids is 2. The molecule has 0 bridgehead atoms. The lowest BCUT2D eigenvalue weighted by Gasteiger charge is -2.35. The Balaban J connectivity index is 1.62. The zero-order valence-corrected chi connectivity index (χ0v) is 18.6. The molecule has 2 aromatic rings. The molecule has 2 amide bonds. The van der Waals surface area contributed by atoms with Gasteiger partial charge in [0.05, 0.1) is 5.56 Å². The van der Waals surface area contributed by atoms with Crippen molar-refractivity contribution in [2.75, 3.05) is 53.4 Å². The van der Waals surface area contributed by atoms with Gasteiger partial charge < -0.3 is 19.4 Å². The summed E-state index contributed by atoms with van der Waals surface area (Å²) in [6.07, 6.45) is 0. The molecule has 160 valence electrons. The van der Waals surface area contributed by atoms with E-state index < -0.39 is 0 Å². The minimum atomic E-state index is -0.140. The van der Waals surface area contributed by atoms with Gasteiger partial charge in [0, 0.05) is 48.3 Å². The summed E-state index contributed by atoms with van der Waals surface area (Å²) in [5.41, 5.74) is 0.990. The van der Waals surface area contributed by atoms with Gasteiger partial charge in [-0.05, 0) is 44.4 Å². The molecule has 0 N–H and O–H groups in total. The van der Waals surface area contributed by atoms with Crippen molar-refractivity contribution >= 4 is 35.0 Å². The van der Waals surface area contributed by atoms with Gasteiger partial charge in [-0.2, -0.15) is 0 Å². The van der Waals surface area contributed by atoms with Crippen LogP contribution in [0.25, 0.3) is 0 Å². The second kappa shape index (κ2) is 10.2. The normalized spacial score (nSPS) is 14.2. The highest BCUT2D eigenvalue weighted by molar-refractivity contribution is 6.35. The first-order chi connectivity index (χ1) is 14.3. The Morgan fingerprint density at radius 3 is 2.10 bits per heavy atom. The third-order valence-electron chi connectivity index (χ3n) is 4.88. The lowest BCUT2D eigenvalue weighted by molar-refractivity contribution is 0.0533. The molecular formula is C22H25Cl2N3O3. The summed E-state index contributed by atoms with van der Waals surface area (Å²) in [4.78, 5) is 31.3. The van der Waals surface area contributed by atoms with Crippen LogP contribution in [-0.4, -0.2) is 79.9 Å². The topological polar surface area (TPSA) is 53.1 Å². The van der Waals surface area contributed by atoms with Gasteiger partial charge in [-0.1, -0.05) is 35.3 Å². The number of carbonyl (C=O) groups is 2. The number of piperazine rings is 1. The van der Waals surface area contributed by atoms with Gasteiger partial charge >= 0.3 is 0 Å². The maximum atomic E-state index is 13.1. The Kier molecular flexibility index (Phi) is 7.58. The van der Waals surface area contributed by atoms with Crippen LogP contribution in [0.5, 0.6) is 5.75 Å². The summed E-state index contributed by atoms with van der Waals surface area (Å²) < 4.78 is 5.82. The number of ether oxygens (including phenoxy) is 1. The van der Waals surface area contributed by atoms with E-state index in [1.807, 2.05) is 37.2 Å². The van der Waals surface area contributed by atoms with Crippen molar-refractivity contribution in [2.45, 2.75) is 0 Å². The highest BCUT2D eigenvalue weighted by Gasteiger charge is 2.27. The van der Waals surface area contributed by atoms with Crippen LogP contribution < -0.4 is 4.74 Å². The van der Waals surface area contributed by atoms with Crippen LogP contribution in [0.1, 0.15) is 20.7 Å². The van der Waals surface area contributed by atoms with Gasteiger partial charge in [-0.3, -0.25) is 9.59 Å². The molecule has 0 unspecified atom stereocenters. The van der Waals surface area contributed by atoms with Crippen molar-refractivity contribution in [2.24, 2.45) is 0 Å². The van der Waals surface area contributed by atoms with Crippen LogP contribution in [0.4, 0.5) is 0 Å². The van der Waals surface area contributed by atoms with Crippen LogP contribution in [-0.2, 0) is 0 Å². The molecule has 1 saturated heterocycles. The minimum absolute atomic E-state index is 0.0895. The first-order valence-corrected chi connectivity index (χ1v) is 10.5. The average Bonchev–Trinajstić information content (AvgIpc) is 2.72. The predicted octanol–water partition coefficient (Wildman–Crippen LogP) is 3.53. The number of hydrogen-bond acceptors (Lipinski definition) is 4. The van der Waals surface area contributed by atoms with E-state index in [2.05, 4.69) is 0 Å². The molecule has 0 spiro atoms. The van der Waals surface area contributed by atoms with E-state index in [1.54, 1.807) is 34.1 Å². The molecule has 1 aliphatic heterocycles. The number of amides is 2. The predicted molar refractivity (Wildman–Crippen MR) is 119 cm³/mol. The molecule has 3 rings (SSSR count). The highest BCUT2D eigenvalue weighted by atomic mass is 35.5. The molecule has 6 nitrogen and oxygen atoms in total. The van der Waals surface area contributed by atoms with Gasteiger partial charge in [-0.15, -0.1) is 0 Å². The second-order valence-corrected chi connectivity index (χ2v) is 8.26. The molecular weight excluding hydrogens is 425 g/mol. The number of benzene rings is 2. The Labute approximate surface area is 186 Å². The van der Waals surface area contributed by atoms with Crippen molar-refractivity contribution in [1.29, 1.82) is 0 Å². The van der Waals surface area contributed by atoms with E-state index in [4.69, 9.17) is 27.9 Å². The summed E-state index contributed by atoms with van der Waals surface area (Å²) in [6.45, 7) is 3.05. The fraction of sp³-hybridized carbons (Fsp3) is 0.364. The van der Waals surface area contributed by atoms with Gasteiger partial charge in [0.25, 0.3) is 11.8 Å². The summed E-state index contributed by atoms with van der Waals surface area (Å²) in [6, 6.07) is 12.1. The maximum absolute atomic E-state index is 13.1. The molecule has 1 heterocycles. The molecule has 30 heavy (non-hydrogen) atoms. The zero-order chi connectivity index (χ0) is 21.7. The van der Waals surface area contributed by atoms with E-state index in [-0.39, 0.29) is 11.8 Å². The highest BCUT2D eigenvalue weighted by Crippen LogP contribution is 2.23. The lowest BCUT2D eigenvalue weighted by atomic mass is 10.1. The van der Waals surface area contributed by atoms with Crippen LogP contribution in [0.2, 0.25) is 10.0 Å². The molecule has 1 fully saturated rings. The Morgan fingerprint density at radius 1 is 0.933 bits per heavy atom.